The Balaban J connectivity index is 2.33. The molecular weight excluding hydrogens is 285 g/mol. The van der Waals surface area contributed by atoms with Crippen LogP contribution in [0.3, 0.4) is 0 Å². The molecule has 2 aromatic rings. The number of rotatable bonds is 2. The number of amides is 1. The molecule has 0 aliphatic rings. The fourth-order valence-corrected chi connectivity index (χ4v) is 2.01. The molecule has 0 unspecified atom stereocenters. The molecule has 98 valence electrons. The van der Waals surface area contributed by atoms with Gasteiger partial charge in [0.05, 0.1) is 10.6 Å². The van der Waals surface area contributed by atoms with E-state index in [9.17, 15) is 9.90 Å². The minimum absolute atomic E-state index is 0.144. The molecule has 1 N–H and O–H groups in total. The number of aromatic hydroxyl groups is 1. The summed E-state index contributed by atoms with van der Waals surface area (Å²) in [5, 5.41) is 10.0. The Hall–Kier alpha value is -1.71. The molecule has 0 atom stereocenters. The van der Waals surface area contributed by atoms with Crippen molar-refractivity contribution >= 4 is 34.8 Å². The molecule has 0 saturated heterocycles. The summed E-state index contributed by atoms with van der Waals surface area (Å²) >= 11 is 11.9. The number of anilines is 1. The van der Waals surface area contributed by atoms with Crippen LogP contribution in [0.25, 0.3) is 0 Å². The van der Waals surface area contributed by atoms with Gasteiger partial charge < -0.3 is 10.0 Å². The van der Waals surface area contributed by atoms with Gasteiger partial charge in [0.1, 0.15) is 5.75 Å². The first kappa shape index (κ1) is 13.7. The lowest BCUT2D eigenvalue weighted by atomic mass is 10.2. The maximum absolute atomic E-state index is 12.3. The van der Waals surface area contributed by atoms with Crippen molar-refractivity contribution < 1.29 is 9.90 Å². The first-order valence-corrected chi connectivity index (χ1v) is 6.27. The molecule has 0 aromatic heterocycles. The first-order chi connectivity index (χ1) is 8.99. The van der Waals surface area contributed by atoms with Crippen molar-refractivity contribution in [3.05, 3.63) is 58.1 Å². The number of halogens is 2. The van der Waals surface area contributed by atoms with E-state index in [4.69, 9.17) is 23.2 Å². The molecule has 2 aromatic carbocycles. The third kappa shape index (κ3) is 3.00. The Labute approximate surface area is 121 Å². The fourth-order valence-electron chi connectivity index (χ4n) is 1.64. The summed E-state index contributed by atoms with van der Waals surface area (Å²) in [6.07, 6.45) is 0. The van der Waals surface area contributed by atoms with Gasteiger partial charge in [0.2, 0.25) is 0 Å². The van der Waals surface area contributed by atoms with Crippen LogP contribution in [0.5, 0.6) is 5.75 Å². The normalized spacial score (nSPS) is 10.3. The molecule has 0 aliphatic heterocycles. The molecule has 0 heterocycles. The van der Waals surface area contributed by atoms with Crippen LogP contribution in [0.15, 0.2) is 42.5 Å². The average molecular weight is 296 g/mol. The second-order valence-corrected chi connectivity index (χ2v) is 4.85. The molecule has 2 rings (SSSR count). The molecule has 5 heteroatoms. The zero-order valence-electron chi connectivity index (χ0n) is 10.1. The standard InChI is InChI=1S/C14H11Cl2NO2/c1-17(10-3-5-11(18)6-4-10)14(19)12-8-9(15)2-7-13(12)16/h2-8,18H,1H3. The second kappa shape index (κ2) is 5.51. The number of hydrogen-bond donors (Lipinski definition) is 1. The third-order valence-corrected chi connectivity index (χ3v) is 3.27. The Kier molecular flexibility index (Phi) is 3.98. The summed E-state index contributed by atoms with van der Waals surface area (Å²) in [6, 6.07) is 11.1. The van der Waals surface area contributed by atoms with Crippen LogP contribution < -0.4 is 4.90 Å². The molecule has 0 saturated carbocycles. The minimum atomic E-state index is -0.266. The Morgan fingerprint density at radius 2 is 1.74 bits per heavy atom. The molecule has 19 heavy (non-hydrogen) atoms. The van der Waals surface area contributed by atoms with E-state index in [1.54, 1.807) is 31.3 Å². The van der Waals surface area contributed by atoms with Crippen LogP contribution in [0.2, 0.25) is 10.0 Å². The fraction of sp³-hybridized carbons (Fsp3) is 0.0714. The first-order valence-electron chi connectivity index (χ1n) is 5.51. The van der Waals surface area contributed by atoms with Crippen molar-refractivity contribution in [3.8, 4) is 5.75 Å². The van der Waals surface area contributed by atoms with Gasteiger partial charge in [-0.1, -0.05) is 23.2 Å². The van der Waals surface area contributed by atoms with E-state index in [1.165, 1.54) is 23.1 Å². The van der Waals surface area contributed by atoms with Crippen LogP contribution in [0.4, 0.5) is 5.69 Å². The van der Waals surface area contributed by atoms with E-state index in [-0.39, 0.29) is 11.7 Å². The second-order valence-electron chi connectivity index (χ2n) is 4.00. The quantitative estimate of drug-likeness (QED) is 0.910. The van der Waals surface area contributed by atoms with Gasteiger partial charge in [-0.3, -0.25) is 4.79 Å². The van der Waals surface area contributed by atoms with Crippen molar-refractivity contribution in [2.24, 2.45) is 0 Å². The maximum atomic E-state index is 12.3. The van der Waals surface area contributed by atoms with Gasteiger partial charge >= 0.3 is 0 Å². The number of carbonyl (C=O) groups is 1. The van der Waals surface area contributed by atoms with Crippen molar-refractivity contribution in [2.75, 3.05) is 11.9 Å². The smallest absolute Gasteiger partial charge is 0.259 e. The van der Waals surface area contributed by atoms with E-state index < -0.39 is 0 Å². The molecular formula is C14H11Cl2NO2. The van der Waals surface area contributed by atoms with Crippen LogP contribution in [-0.2, 0) is 0 Å². The average Bonchev–Trinajstić information content (AvgIpc) is 2.41. The molecule has 1 amide bonds. The highest BCUT2D eigenvalue weighted by atomic mass is 35.5. The zero-order valence-corrected chi connectivity index (χ0v) is 11.6. The topological polar surface area (TPSA) is 40.5 Å². The highest BCUT2D eigenvalue weighted by Gasteiger charge is 2.16. The van der Waals surface area contributed by atoms with E-state index in [0.717, 1.165) is 0 Å². The number of benzene rings is 2. The van der Waals surface area contributed by atoms with Crippen molar-refractivity contribution in [1.29, 1.82) is 0 Å². The van der Waals surface area contributed by atoms with Gasteiger partial charge in [0, 0.05) is 17.8 Å². The summed E-state index contributed by atoms with van der Waals surface area (Å²) in [7, 11) is 1.63. The molecule has 0 aliphatic carbocycles. The predicted octanol–water partition coefficient (Wildman–Crippen LogP) is 3.98. The Morgan fingerprint density at radius 3 is 2.37 bits per heavy atom. The molecule has 0 radical (unpaired) electrons. The lowest BCUT2D eigenvalue weighted by Crippen LogP contribution is -2.26. The predicted molar refractivity (Wildman–Crippen MR) is 77.3 cm³/mol. The van der Waals surface area contributed by atoms with Crippen molar-refractivity contribution in [2.45, 2.75) is 0 Å². The van der Waals surface area contributed by atoms with Gasteiger partial charge in [0.15, 0.2) is 0 Å². The van der Waals surface area contributed by atoms with E-state index in [2.05, 4.69) is 0 Å². The van der Waals surface area contributed by atoms with Crippen molar-refractivity contribution in [1.82, 2.24) is 0 Å². The number of phenols is 1. The highest BCUT2D eigenvalue weighted by Crippen LogP contribution is 2.24. The SMILES string of the molecule is CN(C(=O)c1cc(Cl)ccc1Cl)c1ccc(O)cc1. The molecule has 0 bridgehead atoms. The van der Waals surface area contributed by atoms with Gasteiger partial charge in [-0.25, -0.2) is 0 Å². The lowest BCUT2D eigenvalue weighted by Gasteiger charge is -2.18. The Morgan fingerprint density at radius 1 is 1.11 bits per heavy atom. The van der Waals surface area contributed by atoms with Crippen LogP contribution in [0.1, 0.15) is 10.4 Å². The van der Waals surface area contributed by atoms with E-state index >= 15 is 0 Å². The van der Waals surface area contributed by atoms with Gasteiger partial charge in [-0.15, -0.1) is 0 Å². The number of hydrogen-bond acceptors (Lipinski definition) is 2. The lowest BCUT2D eigenvalue weighted by molar-refractivity contribution is 0.0993. The van der Waals surface area contributed by atoms with Gasteiger partial charge in [0.25, 0.3) is 5.91 Å². The number of carbonyl (C=O) groups excluding carboxylic acids is 1. The molecule has 3 nitrogen and oxygen atoms in total. The molecule has 0 fully saturated rings. The van der Waals surface area contributed by atoms with Gasteiger partial charge in [-0.2, -0.15) is 0 Å². The van der Waals surface area contributed by atoms with Crippen LogP contribution >= 0.6 is 23.2 Å². The molecule has 0 spiro atoms. The summed E-state index contributed by atoms with van der Waals surface area (Å²) in [5.74, 6) is -0.122. The minimum Gasteiger partial charge on any atom is -0.508 e. The largest absolute Gasteiger partial charge is 0.508 e. The van der Waals surface area contributed by atoms with E-state index in [0.29, 0.717) is 21.3 Å². The monoisotopic (exact) mass is 295 g/mol. The zero-order chi connectivity index (χ0) is 14.0. The highest BCUT2D eigenvalue weighted by molar-refractivity contribution is 6.36. The maximum Gasteiger partial charge on any atom is 0.259 e. The van der Waals surface area contributed by atoms with E-state index in [1.807, 2.05) is 0 Å². The summed E-state index contributed by atoms with van der Waals surface area (Å²) < 4.78 is 0. The van der Waals surface area contributed by atoms with Gasteiger partial charge in [-0.05, 0) is 42.5 Å². The Bertz CT molecular complexity index is 611. The summed E-state index contributed by atoms with van der Waals surface area (Å²) in [5.41, 5.74) is 0.989. The number of nitrogens with zero attached hydrogens (tertiary/aromatic N) is 1. The number of phenolic OH excluding ortho intramolecular Hbond substituents is 1. The van der Waals surface area contributed by atoms with Crippen LogP contribution in [0, 0.1) is 0 Å². The summed E-state index contributed by atoms with van der Waals surface area (Å²) in [4.78, 5) is 13.8. The van der Waals surface area contributed by atoms with Crippen LogP contribution in [-0.4, -0.2) is 18.1 Å². The van der Waals surface area contributed by atoms with Crippen molar-refractivity contribution in [3.63, 3.8) is 0 Å². The third-order valence-electron chi connectivity index (χ3n) is 2.70. The summed E-state index contributed by atoms with van der Waals surface area (Å²) in [6.45, 7) is 0.